The van der Waals surface area contributed by atoms with Crippen LogP contribution in [-0.2, 0) is 4.74 Å². The Morgan fingerprint density at radius 1 is 1.15 bits per heavy atom. The van der Waals surface area contributed by atoms with E-state index in [0.717, 1.165) is 19.4 Å². The van der Waals surface area contributed by atoms with E-state index in [4.69, 9.17) is 25.6 Å². The van der Waals surface area contributed by atoms with Crippen molar-refractivity contribution in [3.05, 3.63) is 41.5 Å². The molecule has 6 heterocycles. The fourth-order valence-electron chi connectivity index (χ4n) is 7.75. The summed E-state index contributed by atoms with van der Waals surface area (Å²) in [5, 5.41) is 11.5. The van der Waals surface area contributed by atoms with Crippen LogP contribution in [0.3, 0.4) is 0 Å². The molecule has 0 amide bonds. The number of nitrogens with zero attached hydrogens (tertiary/aromatic N) is 5. The van der Waals surface area contributed by atoms with Crippen LogP contribution >= 0.6 is 0 Å². The van der Waals surface area contributed by atoms with E-state index in [0.29, 0.717) is 43.7 Å². The van der Waals surface area contributed by atoms with Gasteiger partial charge in [-0.3, -0.25) is 4.90 Å². The number of anilines is 1. The van der Waals surface area contributed by atoms with Crippen LogP contribution < -0.4 is 14.4 Å². The number of rotatable bonds is 4. The number of fused-ring (bicyclic) bond motifs is 4. The summed E-state index contributed by atoms with van der Waals surface area (Å²) in [7, 11) is 0. The molecule has 2 aromatic heterocycles. The van der Waals surface area contributed by atoms with Gasteiger partial charge in [-0.05, 0) is 56.3 Å². The third-order valence-corrected chi connectivity index (χ3v) is 9.92. The summed E-state index contributed by atoms with van der Waals surface area (Å²) in [4.78, 5) is 18.2. The molecule has 238 valence electrons. The van der Waals surface area contributed by atoms with Crippen LogP contribution in [0.4, 0.5) is 19.0 Å². The standard InChI is InChI=1S/C34H32F3N5O4/c1-3-22-24(36)7-6-19-12-21(43)13-23(26(19)22)29-28(37)30-27-31(42-10-5-11-44-18(2)25(42)16-45-32(27)38-29)40-33(39-30)46-17-34-8-4-9-41(34)15-20(35)14-34/h1,6-7,12-13,18,20,25,43H,4-5,8-11,14-17H2,2H3/t18-,20+,25+,34-/m0/s1. The first-order chi connectivity index (χ1) is 22.3. The molecule has 0 aliphatic carbocycles. The van der Waals surface area contributed by atoms with Gasteiger partial charge in [-0.25, -0.2) is 18.2 Å². The molecule has 0 saturated carbocycles. The summed E-state index contributed by atoms with van der Waals surface area (Å²) in [6, 6.07) is 5.06. The number of ether oxygens (including phenoxy) is 3. The average molecular weight is 632 g/mol. The topological polar surface area (TPSA) is 93.1 Å². The Bertz CT molecular complexity index is 1940. The van der Waals surface area contributed by atoms with Gasteiger partial charge in [-0.15, -0.1) is 6.42 Å². The smallest absolute Gasteiger partial charge is 0.319 e. The number of terminal acetylenes is 1. The number of aromatic nitrogens is 3. The number of hydrogen-bond acceptors (Lipinski definition) is 9. The molecule has 0 bridgehead atoms. The molecule has 9 nitrogen and oxygen atoms in total. The SMILES string of the molecule is C#Cc1c(F)ccc2cc(O)cc(-c3nc4c5c(nc(OC[C@@]67CCCN6C[C@H](F)C7)nc5c3F)N3CCCO[C@@H](C)[C@H]3CO4)c12. The van der Waals surface area contributed by atoms with Crippen molar-refractivity contribution in [2.45, 2.75) is 56.5 Å². The lowest BCUT2D eigenvalue weighted by Crippen LogP contribution is -2.46. The molecule has 0 unspecified atom stereocenters. The second kappa shape index (κ2) is 10.9. The normalized spacial score (nSPS) is 25.9. The van der Waals surface area contributed by atoms with Crippen molar-refractivity contribution in [1.29, 1.82) is 0 Å². The van der Waals surface area contributed by atoms with Gasteiger partial charge in [0, 0.05) is 37.1 Å². The van der Waals surface area contributed by atoms with Gasteiger partial charge in [-0.1, -0.05) is 12.0 Å². The van der Waals surface area contributed by atoms with Crippen LogP contribution in [0, 0.1) is 24.0 Å². The Kier molecular flexibility index (Phi) is 6.88. The molecule has 2 aromatic carbocycles. The Balaban J connectivity index is 1.34. The highest BCUT2D eigenvalue weighted by atomic mass is 19.1. The fourth-order valence-corrected chi connectivity index (χ4v) is 7.75. The second-order valence-electron chi connectivity index (χ2n) is 12.7. The van der Waals surface area contributed by atoms with Crippen LogP contribution in [0.2, 0.25) is 0 Å². The highest BCUT2D eigenvalue weighted by Crippen LogP contribution is 2.45. The van der Waals surface area contributed by atoms with E-state index in [-0.39, 0.29) is 76.1 Å². The van der Waals surface area contributed by atoms with Crippen LogP contribution in [0.1, 0.15) is 38.2 Å². The predicted molar refractivity (Wildman–Crippen MR) is 165 cm³/mol. The third-order valence-electron chi connectivity index (χ3n) is 9.92. The number of benzene rings is 2. The van der Waals surface area contributed by atoms with E-state index >= 15 is 4.39 Å². The lowest BCUT2D eigenvalue weighted by atomic mass is 9.95. The van der Waals surface area contributed by atoms with Crippen LogP contribution in [0.25, 0.3) is 32.9 Å². The lowest BCUT2D eigenvalue weighted by molar-refractivity contribution is 0.0483. The number of hydrogen-bond donors (Lipinski definition) is 1. The van der Waals surface area contributed by atoms with E-state index in [9.17, 15) is 13.9 Å². The molecule has 3 saturated heterocycles. The molecule has 1 N–H and O–H groups in total. The molecule has 8 rings (SSSR count). The summed E-state index contributed by atoms with van der Waals surface area (Å²) in [5.74, 6) is 1.17. The Morgan fingerprint density at radius 2 is 2.02 bits per heavy atom. The van der Waals surface area contributed by atoms with E-state index < -0.39 is 23.3 Å². The van der Waals surface area contributed by atoms with Crippen molar-refractivity contribution in [3.63, 3.8) is 0 Å². The van der Waals surface area contributed by atoms with Gasteiger partial charge in [0.25, 0.3) is 0 Å². The van der Waals surface area contributed by atoms with Gasteiger partial charge < -0.3 is 24.2 Å². The maximum Gasteiger partial charge on any atom is 0.319 e. The minimum atomic E-state index is -0.939. The van der Waals surface area contributed by atoms with Crippen LogP contribution in [-0.4, -0.2) is 88.3 Å². The lowest BCUT2D eigenvalue weighted by Gasteiger charge is -2.32. The number of alkyl halides is 1. The number of aromatic hydroxyl groups is 1. The zero-order chi connectivity index (χ0) is 31.7. The molecule has 0 radical (unpaired) electrons. The Morgan fingerprint density at radius 3 is 2.87 bits per heavy atom. The Hall–Kier alpha value is -4.34. The van der Waals surface area contributed by atoms with Crippen molar-refractivity contribution in [2.75, 3.05) is 44.4 Å². The zero-order valence-electron chi connectivity index (χ0n) is 25.2. The van der Waals surface area contributed by atoms with Crippen molar-refractivity contribution in [3.8, 4) is 41.2 Å². The second-order valence-corrected chi connectivity index (χ2v) is 12.7. The minimum absolute atomic E-state index is 0.0531. The van der Waals surface area contributed by atoms with Crippen LogP contribution in [0.5, 0.6) is 17.6 Å². The largest absolute Gasteiger partial charge is 0.508 e. The summed E-state index contributed by atoms with van der Waals surface area (Å²) in [6.07, 6.45) is 7.32. The summed E-state index contributed by atoms with van der Waals surface area (Å²) < 4.78 is 64.9. The van der Waals surface area contributed by atoms with E-state index in [1.807, 2.05) is 11.8 Å². The number of halogens is 3. The quantitative estimate of drug-likeness (QED) is 0.308. The first kappa shape index (κ1) is 29.1. The van der Waals surface area contributed by atoms with E-state index in [1.165, 1.54) is 24.3 Å². The first-order valence-corrected chi connectivity index (χ1v) is 15.6. The molecule has 4 aliphatic heterocycles. The van der Waals surface area contributed by atoms with Crippen molar-refractivity contribution in [2.24, 2.45) is 0 Å². The van der Waals surface area contributed by atoms with Gasteiger partial charge in [0.05, 0.1) is 23.2 Å². The molecular formula is C34H32F3N5O4. The number of phenols is 1. The maximum absolute atomic E-state index is 17.0. The molecule has 12 heteroatoms. The molecular weight excluding hydrogens is 599 g/mol. The van der Waals surface area contributed by atoms with Crippen molar-refractivity contribution in [1.82, 2.24) is 19.9 Å². The van der Waals surface area contributed by atoms with E-state index in [2.05, 4.69) is 20.8 Å². The summed E-state index contributed by atoms with van der Waals surface area (Å²) >= 11 is 0. The number of pyridine rings is 1. The zero-order valence-corrected chi connectivity index (χ0v) is 25.2. The van der Waals surface area contributed by atoms with Crippen LogP contribution in [0.15, 0.2) is 24.3 Å². The molecule has 4 aromatic rings. The van der Waals surface area contributed by atoms with Gasteiger partial charge in [0.15, 0.2) is 5.82 Å². The van der Waals surface area contributed by atoms with Crippen molar-refractivity contribution >= 4 is 27.5 Å². The molecule has 4 atom stereocenters. The summed E-state index contributed by atoms with van der Waals surface area (Å²) in [5.41, 5.74) is -0.801. The molecule has 4 aliphatic rings. The minimum Gasteiger partial charge on any atom is -0.508 e. The van der Waals surface area contributed by atoms with Crippen molar-refractivity contribution < 1.29 is 32.5 Å². The predicted octanol–water partition coefficient (Wildman–Crippen LogP) is 5.14. The van der Waals surface area contributed by atoms with Gasteiger partial charge >= 0.3 is 6.01 Å². The third kappa shape index (κ3) is 4.51. The first-order valence-electron chi connectivity index (χ1n) is 15.6. The Labute approximate surface area is 263 Å². The van der Waals surface area contributed by atoms with E-state index in [1.54, 1.807) is 0 Å². The highest BCUT2D eigenvalue weighted by Gasteiger charge is 2.49. The molecule has 0 spiro atoms. The van der Waals surface area contributed by atoms with Gasteiger partial charge in [0.1, 0.15) is 53.4 Å². The molecule has 3 fully saturated rings. The number of phenolic OH excluding ortho intramolecular Hbond substituents is 1. The summed E-state index contributed by atoms with van der Waals surface area (Å²) in [6.45, 7) is 4.55. The highest BCUT2D eigenvalue weighted by molar-refractivity contribution is 6.04. The van der Waals surface area contributed by atoms with Gasteiger partial charge in [0.2, 0.25) is 5.88 Å². The fraction of sp³-hybridized carbons (Fsp3) is 0.441. The van der Waals surface area contributed by atoms with Gasteiger partial charge in [-0.2, -0.15) is 9.97 Å². The monoisotopic (exact) mass is 631 g/mol. The molecule has 46 heavy (non-hydrogen) atoms. The average Bonchev–Trinajstić information content (AvgIpc) is 3.43. The maximum atomic E-state index is 17.0.